The van der Waals surface area contributed by atoms with Crippen LogP contribution in [0.2, 0.25) is 0 Å². The molecule has 1 aliphatic carbocycles. The third-order valence-corrected chi connectivity index (χ3v) is 4.75. The molecule has 0 unspecified atom stereocenters. The quantitative estimate of drug-likeness (QED) is 0.472. The molecule has 1 aliphatic rings. The summed E-state index contributed by atoms with van der Waals surface area (Å²) in [5, 5.41) is 7.61. The van der Waals surface area contributed by atoms with E-state index in [1.807, 2.05) is 0 Å². The number of sulfonamides is 1. The zero-order chi connectivity index (χ0) is 14.5. The fourth-order valence-corrected chi connectivity index (χ4v) is 3.23. The fraction of sp³-hybridized carbons (Fsp3) is 0.818. The number of nitrogens with one attached hydrogen (secondary N) is 1. The minimum absolute atomic E-state index is 0.145. The van der Waals surface area contributed by atoms with Gasteiger partial charge < -0.3 is 11.1 Å². The van der Waals surface area contributed by atoms with Gasteiger partial charge in [-0.15, -0.1) is 0 Å². The largest absolute Gasteiger partial charge is 0.392 e. The van der Waals surface area contributed by atoms with Crippen molar-refractivity contribution in [3.8, 4) is 0 Å². The van der Waals surface area contributed by atoms with E-state index in [4.69, 9.17) is 23.1 Å². The molecule has 19 heavy (non-hydrogen) atoms. The van der Waals surface area contributed by atoms with Crippen LogP contribution >= 0.6 is 12.2 Å². The van der Waals surface area contributed by atoms with Gasteiger partial charge in [0.1, 0.15) is 0 Å². The maximum atomic E-state index is 12.2. The molecule has 0 aromatic carbocycles. The molecule has 0 bridgehead atoms. The minimum Gasteiger partial charge on any atom is -0.392 e. The van der Waals surface area contributed by atoms with E-state index in [-0.39, 0.29) is 29.6 Å². The maximum absolute atomic E-state index is 12.2. The molecule has 0 aromatic heterocycles. The van der Waals surface area contributed by atoms with Gasteiger partial charge in [-0.1, -0.05) is 31.5 Å². The topological polar surface area (TPSA) is 115 Å². The zero-order valence-corrected chi connectivity index (χ0v) is 12.5. The Labute approximate surface area is 119 Å². The number of hydrogen-bond donors (Lipinski definition) is 3. The van der Waals surface area contributed by atoms with Gasteiger partial charge in [0.2, 0.25) is 15.9 Å². The van der Waals surface area contributed by atoms with E-state index in [1.54, 1.807) is 0 Å². The van der Waals surface area contributed by atoms with Crippen LogP contribution in [0.15, 0.2) is 0 Å². The normalized spacial score (nSPS) is 18.8. The summed E-state index contributed by atoms with van der Waals surface area (Å²) in [6, 6.07) is 0. The van der Waals surface area contributed by atoms with Crippen LogP contribution in [0.25, 0.3) is 0 Å². The molecule has 0 aliphatic heterocycles. The smallest absolute Gasteiger partial charge is 0.233 e. The summed E-state index contributed by atoms with van der Waals surface area (Å²) < 4.78 is 21.5. The van der Waals surface area contributed by atoms with Gasteiger partial charge >= 0.3 is 0 Å². The third-order valence-electron chi connectivity index (χ3n) is 3.50. The van der Waals surface area contributed by atoms with E-state index in [1.165, 1.54) is 0 Å². The minimum atomic E-state index is -3.48. The summed E-state index contributed by atoms with van der Waals surface area (Å²) in [4.78, 5) is 12.5. The number of primary sulfonamides is 1. The summed E-state index contributed by atoms with van der Waals surface area (Å²) in [7, 11) is -3.48. The van der Waals surface area contributed by atoms with Crippen molar-refractivity contribution in [3.63, 3.8) is 0 Å². The Morgan fingerprint density at radius 2 is 1.84 bits per heavy atom. The second kappa shape index (κ2) is 6.62. The third kappa shape index (κ3) is 4.70. The highest BCUT2D eigenvalue weighted by Gasteiger charge is 2.42. The highest BCUT2D eigenvalue weighted by molar-refractivity contribution is 7.89. The van der Waals surface area contributed by atoms with Crippen LogP contribution in [0.5, 0.6) is 0 Å². The molecule has 1 fully saturated rings. The van der Waals surface area contributed by atoms with Gasteiger partial charge in [0.15, 0.2) is 0 Å². The second-order valence-corrected chi connectivity index (χ2v) is 7.16. The van der Waals surface area contributed by atoms with E-state index < -0.39 is 15.4 Å². The van der Waals surface area contributed by atoms with Crippen molar-refractivity contribution in [1.29, 1.82) is 0 Å². The summed E-state index contributed by atoms with van der Waals surface area (Å²) in [6.07, 6.45) is 4.58. The summed E-state index contributed by atoms with van der Waals surface area (Å²) in [5.74, 6) is -0.331. The Morgan fingerprint density at radius 1 is 1.26 bits per heavy atom. The predicted octanol–water partition coefficient (Wildman–Crippen LogP) is 0.0178. The van der Waals surface area contributed by atoms with Gasteiger partial charge in [-0.25, -0.2) is 13.6 Å². The molecule has 1 saturated carbocycles. The van der Waals surface area contributed by atoms with Crippen LogP contribution in [-0.2, 0) is 14.8 Å². The molecule has 1 amide bonds. The van der Waals surface area contributed by atoms with Crippen LogP contribution in [0.4, 0.5) is 0 Å². The van der Waals surface area contributed by atoms with Crippen molar-refractivity contribution in [1.82, 2.24) is 5.32 Å². The number of nitrogens with two attached hydrogens (primary N) is 2. The van der Waals surface area contributed by atoms with E-state index in [9.17, 15) is 13.2 Å². The van der Waals surface area contributed by atoms with Gasteiger partial charge in [0, 0.05) is 6.54 Å². The highest BCUT2D eigenvalue weighted by Crippen LogP contribution is 2.36. The van der Waals surface area contributed by atoms with E-state index in [0.717, 1.165) is 19.3 Å². The van der Waals surface area contributed by atoms with Crippen LogP contribution in [0, 0.1) is 5.41 Å². The van der Waals surface area contributed by atoms with E-state index in [2.05, 4.69) is 5.32 Å². The van der Waals surface area contributed by atoms with Crippen molar-refractivity contribution >= 4 is 33.1 Å². The summed E-state index contributed by atoms with van der Waals surface area (Å²) in [5.41, 5.74) is 4.98. The number of amides is 1. The summed E-state index contributed by atoms with van der Waals surface area (Å²) in [6.45, 7) is 0.264. The number of hydrogen-bond acceptors (Lipinski definition) is 4. The molecule has 0 saturated heterocycles. The molecule has 0 aromatic rings. The average molecular weight is 307 g/mol. The Morgan fingerprint density at radius 3 is 2.32 bits per heavy atom. The lowest BCUT2D eigenvalue weighted by atomic mass is 9.73. The molecule has 0 atom stereocenters. The first kappa shape index (κ1) is 16.3. The van der Waals surface area contributed by atoms with Gasteiger partial charge in [0.05, 0.1) is 16.2 Å². The molecular formula is C11H21N3O3S2. The molecule has 110 valence electrons. The van der Waals surface area contributed by atoms with Crippen LogP contribution in [0.1, 0.15) is 38.5 Å². The van der Waals surface area contributed by atoms with Crippen molar-refractivity contribution in [3.05, 3.63) is 0 Å². The number of carbonyl (C=O) groups is 1. The zero-order valence-electron chi connectivity index (χ0n) is 10.9. The SMILES string of the molecule is NC(=S)C1(C(=O)NCCCS(N)(=O)=O)CCCCC1. The molecule has 5 N–H and O–H groups in total. The van der Waals surface area contributed by atoms with Gasteiger partial charge in [-0.2, -0.15) is 0 Å². The molecular weight excluding hydrogens is 286 g/mol. The fourth-order valence-electron chi connectivity index (χ4n) is 2.39. The molecule has 0 spiro atoms. The summed E-state index contributed by atoms with van der Waals surface area (Å²) >= 11 is 5.04. The molecule has 0 radical (unpaired) electrons. The molecule has 8 heteroatoms. The first-order chi connectivity index (χ1) is 8.78. The van der Waals surface area contributed by atoms with Crippen molar-refractivity contribution in [2.24, 2.45) is 16.3 Å². The Bertz CT molecular complexity index is 442. The lowest BCUT2D eigenvalue weighted by Gasteiger charge is -2.34. The predicted molar refractivity (Wildman–Crippen MR) is 77.9 cm³/mol. The standard InChI is InChI=1S/C11H21N3O3S2/c12-9(18)11(5-2-1-3-6-11)10(15)14-7-4-8-19(13,16)17/h1-8H2,(H2,12,18)(H,14,15)(H2,13,16,17). The lowest BCUT2D eigenvalue weighted by Crippen LogP contribution is -2.50. The van der Waals surface area contributed by atoms with Crippen LogP contribution < -0.4 is 16.2 Å². The molecule has 6 nitrogen and oxygen atoms in total. The first-order valence-corrected chi connectivity index (χ1v) is 8.49. The number of rotatable bonds is 6. The Balaban J connectivity index is 2.52. The number of carbonyl (C=O) groups excluding carboxylic acids is 1. The van der Waals surface area contributed by atoms with E-state index in [0.29, 0.717) is 12.8 Å². The van der Waals surface area contributed by atoms with Crippen LogP contribution in [0.3, 0.4) is 0 Å². The van der Waals surface area contributed by atoms with Crippen molar-refractivity contribution in [2.75, 3.05) is 12.3 Å². The lowest BCUT2D eigenvalue weighted by molar-refractivity contribution is -0.128. The van der Waals surface area contributed by atoms with Gasteiger partial charge in [-0.05, 0) is 19.3 Å². The monoisotopic (exact) mass is 307 g/mol. The van der Waals surface area contributed by atoms with E-state index >= 15 is 0 Å². The first-order valence-electron chi connectivity index (χ1n) is 6.37. The van der Waals surface area contributed by atoms with Gasteiger partial charge in [-0.3, -0.25) is 4.79 Å². The number of thiocarbonyl (C=S) groups is 1. The van der Waals surface area contributed by atoms with Crippen LogP contribution in [-0.4, -0.2) is 31.6 Å². The van der Waals surface area contributed by atoms with Gasteiger partial charge in [0.25, 0.3) is 0 Å². The Hall–Kier alpha value is -0.730. The molecule has 0 heterocycles. The maximum Gasteiger partial charge on any atom is 0.233 e. The van der Waals surface area contributed by atoms with Crippen molar-refractivity contribution < 1.29 is 13.2 Å². The Kier molecular flexibility index (Phi) is 5.69. The second-order valence-electron chi connectivity index (χ2n) is 4.98. The average Bonchev–Trinajstić information content (AvgIpc) is 2.33. The van der Waals surface area contributed by atoms with Crippen molar-refractivity contribution in [2.45, 2.75) is 38.5 Å². The highest BCUT2D eigenvalue weighted by atomic mass is 32.2. The molecule has 1 rings (SSSR count).